The van der Waals surface area contributed by atoms with E-state index < -0.39 is 12.0 Å². The molecular weight excluding hydrogens is 416 g/mol. The van der Waals surface area contributed by atoms with E-state index in [4.69, 9.17) is 4.74 Å². The second kappa shape index (κ2) is 23.6. The van der Waals surface area contributed by atoms with Crippen LogP contribution in [0.1, 0.15) is 136 Å². The quantitative estimate of drug-likeness (QED) is 0.138. The van der Waals surface area contributed by atoms with E-state index in [9.17, 15) is 14.4 Å². The van der Waals surface area contributed by atoms with Gasteiger partial charge in [0.2, 0.25) is 11.8 Å². The number of carbonyl (C=O) groups is 3. The summed E-state index contributed by atoms with van der Waals surface area (Å²) in [6, 6.07) is -0.601. The van der Waals surface area contributed by atoms with E-state index in [1.165, 1.54) is 71.3 Å². The van der Waals surface area contributed by atoms with Crippen molar-refractivity contribution in [3.8, 4) is 0 Å². The van der Waals surface area contributed by atoms with Gasteiger partial charge in [-0.3, -0.25) is 9.59 Å². The second-order valence-electron chi connectivity index (χ2n) is 9.23. The zero-order valence-corrected chi connectivity index (χ0v) is 21.9. The van der Waals surface area contributed by atoms with Crippen LogP contribution in [0.25, 0.3) is 0 Å². The van der Waals surface area contributed by atoms with Gasteiger partial charge in [-0.25, -0.2) is 4.79 Å². The SMILES string of the molecule is CCCCCCCCCC(=O)NCCCC[C@H](NC(=O)CCCCCCCCC)C(=O)OC. The van der Waals surface area contributed by atoms with Gasteiger partial charge in [-0.05, 0) is 32.1 Å². The van der Waals surface area contributed by atoms with Gasteiger partial charge in [-0.1, -0.05) is 90.9 Å². The monoisotopic (exact) mass is 468 g/mol. The van der Waals surface area contributed by atoms with Crippen molar-refractivity contribution in [2.24, 2.45) is 0 Å². The maximum absolute atomic E-state index is 12.2. The molecule has 33 heavy (non-hydrogen) atoms. The minimum atomic E-state index is -0.601. The van der Waals surface area contributed by atoms with Gasteiger partial charge >= 0.3 is 5.97 Å². The number of methoxy groups -OCH3 is 1. The van der Waals surface area contributed by atoms with E-state index in [1.54, 1.807) is 0 Å². The molecule has 0 heterocycles. The second-order valence-corrected chi connectivity index (χ2v) is 9.23. The van der Waals surface area contributed by atoms with Crippen molar-refractivity contribution in [2.45, 2.75) is 142 Å². The number of hydrogen-bond donors (Lipinski definition) is 2. The van der Waals surface area contributed by atoms with Gasteiger partial charge in [0.1, 0.15) is 6.04 Å². The number of nitrogens with one attached hydrogen (secondary N) is 2. The van der Waals surface area contributed by atoms with Gasteiger partial charge in [0.25, 0.3) is 0 Å². The lowest BCUT2D eigenvalue weighted by atomic mass is 10.1. The van der Waals surface area contributed by atoms with Crippen LogP contribution in [0.4, 0.5) is 0 Å². The summed E-state index contributed by atoms with van der Waals surface area (Å²) in [4.78, 5) is 36.2. The Balaban J connectivity index is 3.87. The molecule has 0 aliphatic heterocycles. The van der Waals surface area contributed by atoms with E-state index in [0.717, 1.165) is 38.5 Å². The first-order chi connectivity index (χ1) is 16.0. The lowest BCUT2D eigenvalue weighted by molar-refractivity contribution is -0.145. The van der Waals surface area contributed by atoms with E-state index in [0.29, 0.717) is 25.8 Å². The average Bonchev–Trinajstić information content (AvgIpc) is 2.81. The molecule has 0 aromatic carbocycles. The first kappa shape index (κ1) is 31.4. The number of amides is 2. The van der Waals surface area contributed by atoms with E-state index in [-0.39, 0.29) is 11.8 Å². The number of rotatable bonds is 23. The highest BCUT2D eigenvalue weighted by Gasteiger charge is 2.20. The van der Waals surface area contributed by atoms with Crippen LogP contribution in [0.2, 0.25) is 0 Å². The highest BCUT2D eigenvalue weighted by Crippen LogP contribution is 2.10. The van der Waals surface area contributed by atoms with Crippen molar-refractivity contribution >= 4 is 17.8 Å². The van der Waals surface area contributed by atoms with E-state index >= 15 is 0 Å². The average molecular weight is 469 g/mol. The van der Waals surface area contributed by atoms with E-state index in [2.05, 4.69) is 24.5 Å². The van der Waals surface area contributed by atoms with Crippen LogP contribution < -0.4 is 10.6 Å². The summed E-state index contributed by atoms with van der Waals surface area (Å²) in [6.07, 6.45) is 19.6. The number of carbonyl (C=O) groups excluding carboxylic acids is 3. The molecule has 6 nitrogen and oxygen atoms in total. The summed E-state index contributed by atoms with van der Waals surface area (Å²) in [5.41, 5.74) is 0. The van der Waals surface area contributed by atoms with Crippen molar-refractivity contribution in [1.29, 1.82) is 0 Å². The maximum Gasteiger partial charge on any atom is 0.328 e. The molecule has 0 saturated heterocycles. The highest BCUT2D eigenvalue weighted by atomic mass is 16.5. The topological polar surface area (TPSA) is 84.5 Å². The zero-order chi connectivity index (χ0) is 24.6. The van der Waals surface area contributed by atoms with Gasteiger partial charge < -0.3 is 15.4 Å². The molecule has 0 radical (unpaired) electrons. The molecule has 0 aromatic rings. The molecule has 0 saturated carbocycles. The van der Waals surface area contributed by atoms with Crippen LogP contribution >= 0.6 is 0 Å². The Morgan fingerprint density at radius 1 is 0.636 bits per heavy atom. The number of ether oxygens (including phenoxy) is 1. The molecular formula is C27H52N2O4. The third-order valence-electron chi connectivity index (χ3n) is 6.08. The summed E-state index contributed by atoms with van der Waals surface area (Å²) >= 11 is 0. The van der Waals surface area contributed by atoms with Gasteiger partial charge in [0.05, 0.1) is 7.11 Å². The molecule has 2 N–H and O–H groups in total. The maximum atomic E-state index is 12.2. The molecule has 0 aliphatic carbocycles. The minimum Gasteiger partial charge on any atom is -0.467 e. The predicted octanol–water partition coefficient (Wildman–Crippen LogP) is 6.21. The third-order valence-corrected chi connectivity index (χ3v) is 6.08. The van der Waals surface area contributed by atoms with Crippen LogP contribution in [0.5, 0.6) is 0 Å². The smallest absolute Gasteiger partial charge is 0.328 e. The lowest BCUT2D eigenvalue weighted by Gasteiger charge is -2.16. The molecule has 0 unspecified atom stereocenters. The molecule has 194 valence electrons. The van der Waals surface area contributed by atoms with Crippen molar-refractivity contribution in [1.82, 2.24) is 10.6 Å². The zero-order valence-electron chi connectivity index (χ0n) is 21.9. The Bertz CT molecular complexity index is 497. The number of hydrogen-bond acceptors (Lipinski definition) is 4. The Morgan fingerprint density at radius 2 is 1.12 bits per heavy atom. The molecule has 1 atom stereocenters. The normalized spacial score (nSPS) is 11.7. The van der Waals surface area contributed by atoms with Crippen LogP contribution in [0.3, 0.4) is 0 Å². The van der Waals surface area contributed by atoms with Gasteiger partial charge in [0, 0.05) is 19.4 Å². The fourth-order valence-corrected chi connectivity index (χ4v) is 3.93. The van der Waals surface area contributed by atoms with Crippen LogP contribution in [-0.2, 0) is 19.1 Å². The van der Waals surface area contributed by atoms with Crippen molar-refractivity contribution in [2.75, 3.05) is 13.7 Å². The van der Waals surface area contributed by atoms with Crippen molar-refractivity contribution < 1.29 is 19.1 Å². The summed E-state index contributed by atoms with van der Waals surface area (Å²) in [5.74, 6) is -0.371. The van der Waals surface area contributed by atoms with Crippen LogP contribution in [-0.4, -0.2) is 37.5 Å². The fourth-order valence-electron chi connectivity index (χ4n) is 3.93. The highest BCUT2D eigenvalue weighted by molar-refractivity contribution is 5.84. The first-order valence-electron chi connectivity index (χ1n) is 13.7. The summed E-state index contributed by atoms with van der Waals surface area (Å²) in [5, 5.41) is 5.79. The Kier molecular flexibility index (Phi) is 22.4. The Labute approximate surface area is 203 Å². The molecule has 0 bridgehead atoms. The minimum absolute atomic E-state index is 0.0815. The summed E-state index contributed by atoms with van der Waals surface area (Å²) in [6.45, 7) is 5.03. The number of unbranched alkanes of at least 4 members (excludes halogenated alkanes) is 13. The summed E-state index contributed by atoms with van der Waals surface area (Å²) < 4.78 is 4.85. The molecule has 0 spiro atoms. The largest absolute Gasteiger partial charge is 0.467 e. The fraction of sp³-hybridized carbons (Fsp3) is 0.889. The molecule has 2 amide bonds. The van der Waals surface area contributed by atoms with Crippen LogP contribution in [0, 0.1) is 0 Å². The predicted molar refractivity (Wildman–Crippen MR) is 136 cm³/mol. The van der Waals surface area contributed by atoms with Gasteiger partial charge in [-0.15, -0.1) is 0 Å². The van der Waals surface area contributed by atoms with Crippen molar-refractivity contribution in [3.63, 3.8) is 0 Å². The molecule has 0 aliphatic rings. The summed E-state index contributed by atoms with van der Waals surface area (Å²) in [7, 11) is 1.35. The number of esters is 1. The lowest BCUT2D eigenvalue weighted by Crippen LogP contribution is -2.41. The standard InChI is InChI=1S/C27H52N2O4/c1-4-6-8-10-12-14-16-21-25(30)28-23-19-18-20-24(27(32)33-3)29-26(31)22-17-15-13-11-9-7-5-2/h24H,4-23H2,1-3H3,(H,28,30)(H,29,31)/t24-/m0/s1. The Morgan fingerprint density at radius 3 is 1.64 bits per heavy atom. The first-order valence-corrected chi connectivity index (χ1v) is 13.7. The Hall–Kier alpha value is -1.59. The van der Waals surface area contributed by atoms with Gasteiger partial charge in [0.15, 0.2) is 0 Å². The van der Waals surface area contributed by atoms with Crippen LogP contribution in [0.15, 0.2) is 0 Å². The van der Waals surface area contributed by atoms with Crippen molar-refractivity contribution in [3.05, 3.63) is 0 Å². The molecule has 0 aromatic heterocycles. The molecule has 0 fully saturated rings. The van der Waals surface area contributed by atoms with Gasteiger partial charge in [-0.2, -0.15) is 0 Å². The molecule has 0 rings (SSSR count). The van der Waals surface area contributed by atoms with E-state index in [1.807, 2.05) is 0 Å². The third kappa shape index (κ3) is 20.7. The molecule has 6 heteroatoms.